The summed E-state index contributed by atoms with van der Waals surface area (Å²) in [7, 11) is 0. The maximum Gasteiger partial charge on any atom is 0.308 e. The molecule has 2 atom stereocenters. The van der Waals surface area contributed by atoms with E-state index in [0.29, 0.717) is 21.5 Å². The van der Waals surface area contributed by atoms with Crippen LogP contribution in [0.25, 0.3) is 10.9 Å². The molecule has 1 heterocycles. The smallest absolute Gasteiger partial charge is 0.308 e. The maximum absolute atomic E-state index is 14.5. The number of carbonyl (C=O) groups is 2. The van der Waals surface area contributed by atoms with Crippen LogP contribution >= 0.6 is 11.6 Å². The number of nitrogens with zero attached hydrogens (tertiary/aromatic N) is 1. The first-order valence-electron chi connectivity index (χ1n) is 14.1. The molecule has 3 aromatic carbocycles. The van der Waals surface area contributed by atoms with Crippen LogP contribution in [0.5, 0.6) is 0 Å². The Morgan fingerprint density at radius 3 is 2.24 bits per heavy atom. The second-order valence-corrected chi connectivity index (χ2v) is 11.8. The molecule has 1 N–H and O–H groups in total. The lowest BCUT2D eigenvalue weighted by atomic mass is 9.74. The second-order valence-electron chi connectivity index (χ2n) is 11.3. The number of halogens is 3. The molecule has 4 aromatic rings. The highest BCUT2D eigenvalue weighted by atomic mass is 35.5. The van der Waals surface area contributed by atoms with Crippen molar-refractivity contribution in [3.05, 3.63) is 112 Å². The first-order valence-corrected chi connectivity index (χ1v) is 14.4. The molecule has 0 aliphatic carbocycles. The van der Waals surface area contributed by atoms with Crippen LogP contribution in [0, 0.1) is 11.6 Å². The molecule has 0 aliphatic heterocycles. The largest absolute Gasteiger partial charge is 0.460 e. The lowest BCUT2D eigenvalue weighted by molar-refractivity contribution is -0.154. The van der Waals surface area contributed by atoms with Crippen LogP contribution in [-0.4, -0.2) is 29.0 Å². The summed E-state index contributed by atoms with van der Waals surface area (Å²) in [5.41, 5.74) is 3.05. The van der Waals surface area contributed by atoms with E-state index < -0.39 is 17.2 Å². The number of amides is 1. The maximum atomic E-state index is 14.5. The highest BCUT2D eigenvalue weighted by Gasteiger charge is 2.28. The molecule has 42 heavy (non-hydrogen) atoms. The van der Waals surface area contributed by atoms with E-state index in [1.54, 1.807) is 39.1 Å². The lowest BCUT2D eigenvalue weighted by Gasteiger charge is -2.30. The summed E-state index contributed by atoms with van der Waals surface area (Å²) in [4.78, 5) is 29.0. The third kappa shape index (κ3) is 7.71. The molecular formula is C34H35ClF2N2O3. The summed E-state index contributed by atoms with van der Waals surface area (Å²) in [6.45, 7) is 7.65. The van der Waals surface area contributed by atoms with E-state index in [0.717, 1.165) is 35.6 Å². The summed E-state index contributed by atoms with van der Waals surface area (Å²) in [6, 6.07) is 19.1. The van der Waals surface area contributed by atoms with Gasteiger partial charge < -0.3 is 10.1 Å². The summed E-state index contributed by atoms with van der Waals surface area (Å²) in [5, 5.41) is 3.91. The summed E-state index contributed by atoms with van der Waals surface area (Å²) in [5.74, 6) is -2.82. The van der Waals surface area contributed by atoms with Gasteiger partial charge >= 0.3 is 5.97 Å². The van der Waals surface area contributed by atoms with Gasteiger partial charge in [-0.3, -0.25) is 14.6 Å². The van der Waals surface area contributed by atoms with Crippen LogP contribution in [0.15, 0.2) is 72.9 Å². The molecular weight excluding hydrogens is 558 g/mol. The Hall–Kier alpha value is -3.84. The molecule has 0 radical (unpaired) electrons. The minimum absolute atomic E-state index is 0.0563. The first-order chi connectivity index (χ1) is 20.0. The average Bonchev–Trinajstić information content (AvgIpc) is 2.93. The van der Waals surface area contributed by atoms with E-state index in [9.17, 15) is 18.4 Å². The van der Waals surface area contributed by atoms with Gasteiger partial charge in [0.25, 0.3) is 5.91 Å². The summed E-state index contributed by atoms with van der Waals surface area (Å²) < 4.78 is 33.8. The van der Waals surface area contributed by atoms with Gasteiger partial charge in [0.15, 0.2) is 11.6 Å². The Bertz CT molecular complexity index is 1550. The van der Waals surface area contributed by atoms with Gasteiger partial charge in [-0.15, -0.1) is 0 Å². The van der Waals surface area contributed by atoms with Crippen molar-refractivity contribution < 1.29 is 23.1 Å². The highest BCUT2D eigenvalue weighted by Crippen LogP contribution is 2.44. The Morgan fingerprint density at radius 1 is 0.952 bits per heavy atom. The number of ether oxygens (including phenoxy) is 1. The van der Waals surface area contributed by atoms with Gasteiger partial charge in [0.2, 0.25) is 0 Å². The molecule has 220 valence electrons. The number of hydrogen-bond acceptors (Lipinski definition) is 4. The predicted molar refractivity (Wildman–Crippen MR) is 162 cm³/mol. The van der Waals surface area contributed by atoms with Crippen molar-refractivity contribution in [1.29, 1.82) is 0 Å². The van der Waals surface area contributed by atoms with Crippen LogP contribution in [0.2, 0.25) is 5.02 Å². The quantitative estimate of drug-likeness (QED) is 0.188. The van der Waals surface area contributed by atoms with E-state index in [1.807, 2.05) is 42.5 Å². The molecule has 5 nitrogen and oxygen atoms in total. The minimum Gasteiger partial charge on any atom is -0.460 e. The average molecular weight is 593 g/mol. The molecule has 1 amide bonds. The van der Waals surface area contributed by atoms with Gasteiger partial charge in [-0.25, -0.2) is 8.78 Å². The topological polar surface area (TPSA) is 68.3 Å². The second kappa shape index (κ2) is 13.4. The molecule has 0 fully saturated rings. The number of aromatic nitrogens is 1. The molecule has 0 aliphatic rings. The minimum atomic E-state index is -0.944. The SMILES string of the molecule is CCC[C@H](c1ccc(C(=O)NCCC(=O)OC(C)(C)C)cc1)C(c1ccc(Cl)cc1)c1ccnc2cc(F)c(F)cc12. The first kappa shape index (κ1) is 31.1. The molecule has 0 spiro atoms. The van der Waals surface area contributed by atoms with Crippen LogP contribution in [0.3, 0.4) is 0 Å². The van der Waals surface area contributed by atoms with Gasteiger partial charge in [-0.2, -0.15) is 0 Å². The Morgan fingerprint density at radius 2 is 1.60 bits per heavy atom. The van der Waals surface area contributed by atoms with Crippen molar-refractivity contribution in [1.82, 2.24) is 10.3 Å². The normalized spacial score (nSPS) is 13.0. The van der Waals surface area contributed by atoms with E-state index in [-0.39, 0.29) is 36.7 Å². The number of pyridine rings is 1. The molecule has 8 heteroatoms. The van der Waals surface area contributed by atoms with Crippen molar-refractivity contribution in [2.75, 3.05) is 6.54 Å². The predicted octanol–water partition coefficient (Wildman–Crippen LogP) is 8.34. The fourth-order valence-corrected chi connectivity index (χ4v) is 5.35. The Balaban J connectivity index is 1.66. The number of hydrogen-bond donors (Lipinski definition) is 1. The molecule has 4 rings (SSSR count). The van der Waals surface area contributed by atoms with Crippen LogP contribution in [-0.2, 0) is 9.53 Å². The zero-order chi connectivity index (χ0) is 30.4. The van der Waals surface area contributed by atoms with Crippen LogP contribution < -0.4 is 5.32 Å². The van der Waals surface area contributed by atoms with Gasteiger partial charge in [-0.05, 0) is 86.2 Å². The number of carbonyl (C=O) groups excluding carboxylic acids is 2. The van der Waals surface area contributed by atoms with Crippen molar-refractivity contribution in [2.24, 2.45) is 0 Å². The van der Waals surface area contributed by atoms with E-state index in [2.05, 4.69) is 17.2 Å². The number of benzene rings is 3. The fraction of sp³-hybridized carbons (Fsp3) is 0.324. The molecule has 1 unspecified atom stereocenters. The fourth-order valence-electron chi connectivity index (χ4n) is 5.22. The Kier molecular flexibility index (Phi) is 9.94. The van der Waals surface area contributed by atoms with E-state index in [4.69, 9.17) is 16.3 Å². The number of fused-ring (bicyclic) bond motifs is 1. The molecule has 0 saturated heterocycles. The van der Waals surface area contributed by atoms with E-state index >= 15 is 0 Å². The number of nitrogens with one attached hydrogen (secondary N) is 1. The molecule has 1 aromatic heterocycles. The zero-order valence-corrected chi connectivity index (χ0v) is 25.0. The standard InChI is InChI=1S/C34H35ClF2N2O3/c1-5-6-25(21-7-9-23(10-8-21)33(41)39-18-16-31(40)42-34(2,3)4)32(22-11-13-24(35)14-12-22)26-15-17-38-30-20-29(37)28(36)19-27(26)30/h7-15,17,19-20,25,32H,5-6,16,18H2,1-4H3,(H,39,41)/t25-,32?/m1/s1. The van der Waals surface area contributed by atoms with Gasteiger partial charge in [0, 0.05) is 40.7 Å². The number of esters is 1. The van der Waals surface area contributed by atoms with Crippen molar-refractivity contribution in [3.8, 4) is 0 Å². The molecule has 0 saturated carbocycles. The molecule has 0 bridgehead atoms. The van der Waals surface area contributed by atoms with Gasteiger partial charge in [0.1, 0.15) is 5.60 Å². The monoisotopic (exact) mass is 592 g/mol. The van der Waals surface area contributed by atoms with Gasteiger partial charge in [-0.1, -0.05) is 49.2 Å². The summed E-state index contributed by atoms with van der Waals surface area (Å²) >= 11 is 6.22. The van der Waals surface area contributed by atoms with Crippen molar-refractivity contribution in [3.63, 3.8) is 0 Å². The van der Waals surface area contributed by atoms with Crippen LogP contribution in [0.1, 0.15) is 85.8 Å². The van der Waals surface area contributed by atoms with Crippen molar-refractivity contribution in [2.45, 2.75) is 64.4 Å². The number of rotatable bonds is 10. The third-order valence-corrected chi connectivity index (χ3v) is 7.27. The zero-order valence-electron chi connectivity index (χ0n) is 24.2. The lowest BCUT2D eigenvalue weighted by Crippen LogP contribution is -2.29. The van der Waals surface area contributed by atoms with Crippen LogP contribution in [0.4, 0.5) is 8.78 Å². The van der Waals surface area contributed by atoms with Crippen molar-refractivity contribution >= 4 is 34.4 Å². The van der Waals surface area contributed by atoms with Gasteiger partial charge in [0.05, 0.1) is 11.9 Å². The van der Waals surface area contributed by atoms with E-state index in [1.165, 1.54) is 6.07 Å². The summed E-state index contributed by atoms with van der Waals surface area (Å²) in [6.07, 6.45) is 3.36. The highest BCUT2D eigenvalue weighted by molar-refractivity contribution is 6.30. The Labute approximate surface area is 250 Å². The third-order valence-electron chi connectivity index (χ3n) is 7.02.